The molecule has 8 heteroatoms. The van der Waals surface area contributed by atoms with Gasteiger partial charge >= 0.3 is 5.97 Å². The van der Waals surface area contributed by atoms with Gasteiger partial charge in [0.05, 0.1) is 0 Å². The maximum absolute atomic E-state index is 12.9. The van der Waals surface area contributed by atoms with E-state index in [1.165, 1.54) is 0 Å². The summed E-state index contributed by atoms with van der Waals surface area (Å²) in [6.07, 6.45) is -14.8. The predicted molar refractivity (Wildman–Crippen MR) is 34.1 cm³/mol. The molecule has 4 atom stereocenters. The molecule has 15 heavy (non-hydrogen) atoms. The van der Waals surface area contributed by atoms with Crippen LogP contribution in [0.15, 0.2) is 0 Å². The van der Waals surface area contributed by atoms with E-state index in [9.17, 15) is 32.0 Å². The number of carbonyl (C=O) groups excluding carboxylic acids is 1. The standard InChI is InChI=1S/C7H7F5O3/c8-2-1(7(13)15-14)3(9)5(11)6(12)4(2)10/h1-6,14H/p-1. The molecule has 1 rings (SSSR count). The smallest absolute Gasteiger partial charge is 0.309 e. The van der Waals surface area contributed by atoms with Gasteiger partial charge in [0.25, 0.3) is 0 Å². The van der Waals surface area contributed by atoms with Gasteiger partial charge in [-0.25, -0.2) is 22.0 Å². The van der Waals surface area contributed by atoms with Crippen LogP contribution < -0.4 is 5.26 Å². The Morgan fingerprint density at radius 1 is 0.867 bits per heavy atom. The molecule has 4 unspecified atom stereocenters. The van der Waals surface area contributed by atoms with E-state index in [2.05, 4.69) is 4.89 Å². The van der Waals surface area contributed by atoms with Crippen molar-refractivity contribution in [3.63, 3.8) is 0 Å². The molecule has 1 fully saturated rings. The molecule has 3 nitrogen and oxygen atoms in total. The SMILES string of the molecule is O=C(O[O-])C1C(F)C(F)C(F)C(F)C1F. The first-order valence-corrected chi connectivity index (χ1v) is 3.95. The molecule has 0 saturated heterocycles. The van der Waals surface area contributed by atoms with E-state index in [0.29, 0.717) is 0 Å². The molecule has 0 N–H and O–H groups in total. The van der Waals surface area contributed by atoms with Crippen molar-refractivity contribution in [3.8, 4) is 0 Å². The topological polar surface area (TPSA) is 49.4 Å². The van der Waals surface area contributed by atoms with Crippen LogP contribution in [0.1, 0.15) is 0 Å². The highest BCUT2D eigenvalue weighted by atomic mass is 19.2. The Morgan fingerprint density at radius 2 is 1.20 bits per heavy atom. The molecule has 1 aliphatic carbocycles. The Labute approximate surface area is 80.7 Å². The highest BCUT2D eigenvalue weighted by molar-refractivity contribution is 5.73. The third-order valence-corrected chi connectivity index (χ3v) is 2.26. The van der Waals surface area contributed by atoms with Crippen molar-refractivity contribution in [3.05, 3.63) is 0 Å². The second-order valence-electron chi connectivity index (χ2n) is 3.15. The van der Waals surface area contributed by atoms with Crippen LogP contribution in [-0.4, -0.2) is 36.8 Å². The third-order valence-electron chi connectivity index (χ3n) is 2.26. The lowest BCUT2D eigenvalue weighted by Gasteiger charge is -2.35. The van der Waals surface area contributed by atoms with Crippen molar-refractivity contribution in [2.24, 2.45) is 5.92 Å². The second-order valence-corrected chi connectivity index (χ2v) is 3.15. The Kier molecular flexibility index (Phi) is 3.48. The van der Waals surface area contributed by atoms with E-state index in [1.54, 1.807) is 0 Å². The first-order valence-electron chi connectivity index (χ1n) is 3.95. The molecule has 0 radical (unpaired) electrons. The predicted octanol–water partition coefficient (Wildman–Crippen LogP) is 0.125. The number of alkyl halides is 5. The summed E-state index contributed by atoms with van der Waals surface area (Å²) in [5.41, 5.74) is 0. The average Bonchev–Trinajstić information content (AvgIpc) is 2.23. The first kappa shape index (κ1) is 12.2. The Bertz CT molecular complexity index is 235. The second kappa shape index (κ2) is 4.30. The fraction of sp³-hybridized carbons (Fsp3) is 0.857. The number of carbonyl (C=O) groups is 1. The molecule has 0 aliphatic heterocycles. The molecular weight excluding hydrogens is 227 g/mol. The van der Waals surface area contributed by atoms with Crippen molar-refractivity contribution >= 4 is 5.97 Å². The van der Waals surface area contributed by atoms with Gasteiger partial charge < -0.3 is 10.1 Å². The Balaban J connectivity index is 2.91. The van der Waals surface area contributed by atoms with E-state index < -0.39 is 42.7 Å². The molecule has 1 saturated carbocycles. The molecule has 1 aliphatic rings. The fourth-order valence-corrected chi connectivity index (χ4v) is 1.41. The largest absolute Gasteiger partial charge is 0.662 e. The molecule has 0 amide bonds. The van der Waals surface area contributed by atoms with Crippen molar-refractivity contribution in [2.75, 3.05) is 0 Å². The molecule has 0 spiro atoms. The minimum absolute atomic E-state index is 1.98. The first-order chi connectivity index (χ1) is 6.91. The number of halogens is 5. The number of rotatable bonds is 1. The monoisotopic (exact) mass is 233 g/mol. The van der Waals surface area contributed by atoms with E-state index in [4.69, 9.17) is 0 Å². The highest BCUT2D eigenvalue weighted by Crippen LogP contribution is 2.36. The molecular formula is C7H6F5O3-. The van der Waals surface area contributed by atoms with Crippen LogP contribution in [0.25, 0.3) is 0 Å². The lowest BCUT2D eigenvalue weighted by atomic mass is 9.82. The zero-order valence-corrected chi connectivity index (χ0v) is 7.08. The van der Waals surface area contributed by atoms with Crippen LogP contribution in [-0.2, 0) is 9.68 Å². The zero-order valence-electron chi connectivity index (χ0n) is 7.08. The van der Waals surface area contributed by atoms with E-state index in [1.807, 2.05) is 0 Å². The van der Waals surface area contributed by atoms with Crippen LogP contribution in [0.4, 0.5) is 22.0 Å². The minimum Gasteiger partial charge on any atom is -0.662 e. The van der Waals surface area contributed by atoms with E-state index in [0.717, 1.165) is 0 Å². The summed E-state index contributed by atoms with van der Waals surface area (Å²) < 4.78 is 63.7. The van der Waals surface area contributed by atoms with Crippen LogP contribution in [0.5, 0.6) is 0 Å². The maximum atomic E-state index is 12.9. The van der Waals surface area contributed by atoms with Gasteiger partial charge in [-0.3, -0.25) is 4.79 Å². The van der Waals surface area contributed by atoms with Gasteiger partial charge in [-0.15, -0.1) is 0 Å². The summed E-state index contributed by atoms with van der Waals surface area (Å²) >= 11 is 0. The lowest BCUT2D eigenvalue weighted by Crippen LogP contribution is -2.56. The maximum Gasteiger partial charge on any atom is 0.309 e. The van der Waals surface area contributed by atoms with Crippen LogP contribution >= 0.6 is 0 Å². The van der Waals surface area contributed by atoms with Gasteiger partial charge in [-0.2, -0.15) is 0 Å². The number of hydrogen-bond acceptors (Lipinski definition) is 3. The normalized spacial score (nSPS) is 46.3. The summed E-state index contributed by atoms with van der Waals surface area (Å²) in [5, 5.41) is 9.59. The molecule has 0 bridgehead atoms. The molecule has 0 aromatic heterocycles. The van der Waals surface area contributed by atoms with Gasteiger partial charge in [-0.1, -0.05) is 0 Å². The van der Waals surface area contributed by atoms with Gasteiger partial charge in [0.2, 0.25) is 0 Å². The third kappa shape index (κ3) is 1.90. The van der Waals surface area contributed by atoms with Crippen LogP contribution in [0.3, 0.4) is 0 Å². The minimum atomic E-state index is -2.99. The Hall–Kier alpha value is -0.920. The molecule has 0 heterocycles. The van der Waals surface area contributed by atoms with Crippen molar-refractivity contribution in [2.45, 2.75) is 30.9 Å². The average molecular weight is 233 g/mol. The van der Waals surface area contributed by atoms with Gasteiger partial charge in [0.1, 0.15) is 5.92 Å². The highest BCUT2D eigenvalue weighted by Gasteiger charge is 2.56. The van der Waals surface area contributed by atoms with Crippen LogP contribution in [0, 0.1) is 5.92 Å². The quantitative estimate of drug-likeness (QED) is 0.367. The van der Waals surface area contributed by atoms with E-state index >= 15 is 0 Å². The lowest BCUT2D eigenvalue weighted by molar-refractivity contribution is -0.658. The molecule has 88 valence electrons. The van der Waals surface area contributed by atoms with Gasteiger partial charge in [-0.05, 0) is 0 Å². The molecule has 0 aromatic rings. The zero-order chi connectivity index (χ0) is 11.7. The summed E-state index contributed by atoms with van der Waals surface area (Å²) in [7, 11) is 0. The van der Waals surface area contributed by atoms with Crippen LogP contribution in [0.2, 0.25) is 0 Å². The summed E-state index contributed by atoms with van der Waals surface area (Å²) in [6, 6.07) is 0. The van der Waals surface area contributed by atoms with Crippen molar-refractivity contribution in [1.29, 1.82) is 0 Å². The summed E-state index contributed by atoms with van der Waals surface area (Å²) in [5.74, 6) is -4.54. The van der Waals surface area contributed by atoms with Crippen molar-refractivity contribution in [1.82, 2.24) is 0 Å². The Morgan fingerprint density at radius 3 is 1.53 bits per heavy atom. The van der Waals surface area contributed by atoms with Gasteiger partial charge in [0.15, 0.2) is 30.9 Å². The van der Waals surface area contributed by atoms with Gasteiger partial charge in [0, 0.05) is 0 Å². The van der Waals surface area contributed by atoms with Crippen molar-refractivity contribution < 1.29 is 36.9 Å². The summed E-state index contributed by atoms with van der Waals surface area (Å²) in [6.45, 7) is 0. The number of hydrogen-bond donors (Lipinski definition) is 0. The van der Waals surface area contributed by atoms with E-state index in [-0.39, 0.29) is 0 Å². The fourth-order valence-electron chi connectivity index (χ4n) is 1.41. The molecule has 0 aromatic carbocycles. The summed E-state index contributed by atoms with van der Waals surface area (Å²) in [4.78, 5) is 13.3.